The molecule has 0 bridgehead atoms. The third-order valence-corrected chi connectivity index (χ3v) is 2.78. The van der Waals surface area contributed by atoms with Gasteiger partial charge in [-0.05, 0) is 38.5 Å². The fourth-order valence-electron chi connectivity index (χ4n) is 1.70. The minimum Gasteiger partial charge on any atom is -0.465 e. The van der Waals surface area contributed by atoms with E-state index in [1.165, 1.54) is 12.2 Å². The van der Waals surface area contributed by atoms with Crippen LogP contribution < -0.4 is 5.32 Å². The van der Waals surface area contributed by atoms with Crippen LogP contribution in [0.25, 0.3) is 0 Å². The molecule has 1 atom stereocenters. The number of allylic oxidation sites excluding steroid dienone is 2. The van der Waals surface area contributed by atoms with E-state index in [2.05, 4.69) is 5.32 Å². The molecule has 1 heterocycles. The van der Waals surface area contributed by atoms with Gasteiger partial charge in [-0.2, -0.15) is 0 Å². The van der Waals surface area contributed by atoms with E-state index >= 15 is 0 Å². The molecule has 6 heteroatoms. The van der Waals surface area contributed by atoms with E-state index in [9.17, 15) is 14.9 Å². The maximum Gasteiger partial charge on any atom is 0.314 e. The van der Waals surface area contributed by atoms with Crippen LogP contribution in [0.3, 0.4) is 0 Å². The fraction of sp³-hybridized carbons (Fsp3) is 0.462. The second-order valence-electron chi connectivity index (χ2n) is 4.12. The lowest BCUT2D eigenvalue weighted by Gasteiger charge is -2.11. The Morgan fingerprint density at radius 2 is 2.37 bits per heavy atom. The van der Waals surface area contributed by atoms with Gasteiger partial charge in [-0.25, -0.2) is 0 Å². The number of nitrogens with one attached hydrogen (secondary N) is 1. The minimum absolute atomic E-state index is 0.0399. The van der Waals surface area contributed by atoms with E-state index in [1.807, 2.05) is 0 Å². The SMILES string of the molecule is C/C=C(\C=C1\C=C(C(C)C(=O)OCC)NC1)[N+](=O)[O-]. The average Bonchev–Trinajstić information content (AvgIpc) is 2.83. The molecule has 0 amide bonds. The van der Waals surface area contributed by atoms with Crippen molar-refractivity contribution in [2.24, 2.45) is 5.92 Å². The van der Waals surface area contributed by atoms with Crippen molar-refractivity contribution in [2.75, 3.05) is 13.2 Å². The molecule has 0 spiro atoms. The van der Waals surface area contributed by atoms with Crippen LogP contribution in [0.2, 0.25) is 0 Å². The van der Waals surface area contributed by atoms with Gasteiger partial charge in [-0.3, -0.25) is 14.9 Å². The summed E-state index contributed by atoms with van der Waals surface area (Å²) in [6, 6.07) is 0. The molecule has 1 unspecified atom stereocenters. The monoisotopic (exact) mass is 266 g/mol. The zero-order valence-corrected chi connectivity index (χ0v) is 11.3. The average molecular weight is 266 g/mol. The Hall–Kier alpha value is -2.11. The second kappa shape index (κ2) is 6.72. The molecular weight excluding hydrogens is 248 g/mol. The predicted molar refractivity (Wildman–Crippen MR) is 70.7 cm³/mol. The Morgan fingerprint density at radius 1 is 1.68 bits per heavy atom. The van der Waals surface area contributed by atoms with Crippen molar-refractivity contribution in [1.82, 2.24) is 5.32 Å². The van der Waals surface area contributed by atoms with Crippen LogP contribution >= 0.6 is 0 Å². The number of carbonyl (C=O) groups is 1. The van der Waals surface area contributed by atoms with Crippen LogP contribution in [0, 0.1) is 16.0 Å². The molecule has 1 N–H and O–H groups in total. The molecule has 0 saturated heterocycles. The van der Waals surface area contributed by atoms with Crippen molar-refractivity contribution in [3.8, 4) is 0 Å². The van der Waals surface area contributed by atoms with Gasteiger partial charge in [0.25, 0.3) is 5.70 Å². The third kappa shape index (κ3) is 3.94. The highest BCUT2D eigenvalue weighted by Gasteiger charge is 2.23. The number of ether oxygens (including phenoxy) is 1. The topological polar surface area (TPSA) is 81.5 Å². The Balaban J connectivity index is 2.82. The molecule has 1 aliphatic heterocycles. The summed E-state index contributed by atoms with van der Waals surface area (Å²) in [4.78, 5) is 21.8. The number of hydrogen-bond acceptors (Lipinski definition) is 5. The summed E-state index contributed by atoms with van der Waals surface area (Å²) in [5, 5.41) is 13.8. The van der Waals surface area contributed by atoms with Gasteiger partial charge in [0.05, 0.1) is 17.4 Å². The standard InChI is InChI=1S/C13H18N2O4/c1-4-11(15(17)18)6-10-7-12(14-8-10)9(3)13(16)19-5-2/h4,6-7,9,14H,5,8H2,1-3H3/b10-6-,11-4+. The maximum atomic E-state index is 11.6. The van der Waals surface area contributed by atoms with Gasteiger partial charge in [-0.1, -0.05) is 0 Å². The molecule has 1 rings (SSSR count). The molecule has 0 radical (unpaired) electrons. The summed E-state index contributed by atoms with van der Waals surface area (Å²) in [5.41, 5.74) is 1.54. The van der Waals surface area contributed by atoms with Crippen LogP contribution in [-0.2, 0) is 9.53 Å². The lowest BCUT2D eigenvalue weighted by atomic mass is 10.1. The summed E-state index contributed by atoms with van der Waals surface area (Å²) in [6.07, 6.45) is 4.69. The molecular formula is C13H18N2O4. The van der Waals surface area contributed by atoms with E-state index in [0.29, 0.717) is 13.2 Å². The summed E-state index contributed by atoms with van der Waals surface area (Å²) < 4.78 is 4.93. The van der Waals surface area contributed by atoms with E-state index in [1.54, 1.807) is 26.8 Å². The molecule has 1 aliphatic rings. The highest BCUT2D eigenvalue weighted by Crippen LogP contribution is 2.19. The summed E-state index contributed by atoms with van der Waals surface area (Å²) in [6.45, 7) is 5.92. The van der Waals surface area contributed by atoms with Crippen LogP contribution in [0.15, 0.2) is 35.2 Å². The van der Waals surface area contributed by atoms with E-state index in [4.69, 9.17) is 4.74 Å². The summed E-state index contributed by atoms with van der Waals surface area (Å²) in [5.74, 6) is -0.696. The number of nitro groups is 1. The molecule has 0 fully saturated rings. The molecule has 0 aromatic carbocycles. The smallest absolute Gasteiger partial charge is 0.314 e. The van der Waals surface area contributed by atoms with Crippen molar-refractivity contribution < 1.29 is 14.5 Å². The Morgan fingerprint density at radius 3 is 2.89 bits per heavy atom. The van der Waals surface area contributed by atoms with Crippen LogP contribution in [0.5, 0.6) is 0 Å². The molecule has 0 aliphatic carbocycles. The van der Waals surface area contributed by atoms with Gasteiger partial charge in [0.15, 0.2) is 0 Å². The first kappa shape index (κ1) is 14.9. The van der Waals surface area contributed by atoms with Gasteiger partial charge in [0, 0.05) is 18.3 Å². The molecule has 0 saturated carbocycles. The van der Waals surface area contributed by atoms with Crippen molar-refractivity contribution in [3.63, 3.8) is 0 Å². The molecule has 0 aromatic heterocycles. The third-order valence-electron chi connectivity index (χ3n) is 2.78. The van der Waals surface area contributed by atoms with Gasteiger partial charge < -0.3 is 10.1 Å². The van der Waals surface area contributed by atoms with Crippen molar-refractivity contribution in [1.29, 1.82) is 0 Å². The van der Waals surface area contributed by atoms with Gasteiger partial charge in [0.1, 0.15) is 0 Å². The number of esters is 1. The first-order chi connectivity index (χ1) is 8.99. The zero-order valence-electron chi connectivity index (χ0n) is 11.3. The first-order valence-electron chi connectivity index (χ1n) is 6.13. The number of hydrogen-bond donors (Lipinski definition) is 1. The Labute approximate surface area is 112 Å². The number of nitrogens with zero attached hydrogens (tertiary/aromatic N) is 1. The zero-order chi connectivity index (χ0) is 14.4. The normalized spacial score (nSPS) is 18.8. The molecule has 6 nitrogen and oxygen atoms in total. The number of rotatable bonds is 5. The highest BCUT2D eigenvalue weighted by molar-refractivity contribution is 5.75. The van der Waals surface area contributed by atoms with Crippen molar-refractivity contribution >= 4 is 5.97 Å². The molecule has 19 heavy (non-hydrogen) atoms. The summed E-state index contributed by atoms with van der Waals surface area (Å²) in [7, 11) is 0. The summed E-state index contributed by atoms with van der Waals surface area (Å²) >= 11 is 0. The van der Waals surface area contributed by atoms with Gasteiger partial charge in [-0.15, -0.1) is 0 Å². The Kier molecular flexibility index (Phi) is 5.29. The van der Waals surface area contributed by atoms with Gasteiger partial charge in [0.2, 0.25) is 0 Å². The van der Waals surface area contributed by atoms with E-state index < -0.39 is 10.8 Å². The van der Waals surface area contributed by atoms with Gasteiger partial charge >= 0.3 is 5.97 Å². The van der Waals surface area contributed by atoms with Crippen LogP contribution in [-0.4, -0.2) is 24.0 Å². The predicted octanol–water partition coefficient (Wildman–Crippen LogP) is 1.78. The van der Waals surface area contributed by atoms with Crippen molar-refractivity contribution in [2.45, 2.75) is 20.8 Å². The highest BCUT2D eigenvalue weighted by atomic mass is 16.6. The van der Waals surface area contributed by atoms with Crippen LogP contribution in [0.4, 0.5) is 0 Å². The fourth-order valence-corrected chi connectivity index (χ4v) is 1.70. The molecule has 0 aromatic rings. The molecule has 104 valence electrons. The lowest BCUT2D eigenvalue weighted by Crippen LogP contribution is -2.23. The van der Waals surface area contributed by atoms with Crippen LogP contribution in [0.1, 0.15) is 20.8 Å². The quantitative estimate of drug-likeness (QED) is 0.466. The minimum atomic E-state index is -0.437. The Bertz CT molecular complexity index is 463. The maximum absolute atomic E-state index is 11.6. The second-order valence-corrected chi connectivity index (χ2v) is 4.12. The first-order valence-corrected chi connectivity index (χ1v) is 6.13. The van der Waals surface area contributed by atoms with Crippen molar-refractivity contribution in [3.05, 3.63) is 45.3 Å². The lowest BCUT2D eigenvalue weighted by molar-refractivity contribution is -0.419. The van der Waals surface area contributed by atoms with E-state index in [-0.39, 0.29) is 11.7 Å². The van der Waals surface area contributed by atoms with E-state index in [0.717, 1.165) is 11.3 Å². The number of carbonyl (C=O) groups excluding carboxylic acids is 1. The largest absolute Gasteiger partial charge is 0.465 e.